The first kappa shape index (κ1) is 19.2. The third kappa shape index (κ3) is 6.52. The van der Waals surface area contributed by atoms with Crippen molar-refractivity contribution in [3.63, 3.8) is 0 Å². The maximum atomic E-state index is 12.3. The van der Waals surface area contributed by atoms with Gasteiger partial charge in [0.1, 0.15) is 0 Å². The average Bonchev–Trinajstić information content (AvgIpc) is 2.28. The molecule has 0 radical (unpaired) electrons. The summed E-state index contributed by atoms with van der Waals surface area (Å²) in [5.74, 6) is -0.384. The highest BCUT2D eigenvalue weighted by Crippen LogP contribution is 2.13. The molecular formula is C14H25F2NO. The van der Waals surface area contributed by atoms with E-state index in [4.69, 9.17) is 0 Å². The van der Waals surface area contributed by atoms with E-state index in [-0.39, 0.29) is 11.9 Å². The van der Waals surface area contributed by atoms with Crippen LogP contribution in [0.2, 0.25) is 0 Å². The van der Waals surface area contributed by atoms with Gasteiger partial charge in [-0.2, -0.15) is 0 Å². The molecule has 0 aliphatic heterocycles. The fourth-order valence-corrected chi connectivity index (χ4v) is 1.34. The van der Waals surface area contributed by atoms with E-state index in [1.807, 2.05) is 13.8 Å². The molecular weight excluding hydrogens is 236 g/mol. The number of alkyl halides is 2. The topological polar surface area (TPSA) is 20.3 Å². The number of amides is 1. The van der Waals surface area contributed by atoms with Gasteiger partial charge in [-0.1, -0.05) is 32.1 Å². The molecule has 0 unspecified atom stereocenters. The Morgan fingerprint density at radius 2 is 1.72 bits per heavy atom. The van der Waals surface area contributed by atoms with Crippen LogP contribution in [0.3, 0.4) is 0 Å². The largest absolute Gasteiger partial charge is 0.330 e. The first-order chi connectivity index (χ1) is 8.31. The summed E-state index contributed by atoms with van der Waals surface area (Å²) in [6.07, 6.45) is -1.10. The summed E-state index contributed by atoms with van der Waals surface area (Å²) in [6, 6.07) is -0.254. The van der Waals surface area contributed by atoms with Crippen LogP contribution >= 0.6 is 0 Å². The zero-order valence-electron chi connectivity index (χ0n) is 12.3. The highest BCUT2D eigenvalue weighted by Gasteiger charge is 2.23. The number of rotatable bonds is 5. The predicted octanol–water partition coefficient (Wildman–Crippen LogP) is 4.04. The maximum Gasteiger partial charge on any atom is 0.255 e. The van der Waals surface area contributed by atoms with Crippen molar-refractivity contribution in [2.75, 3.05) is 6.54 Å². The van der Waals surface area contributed by atoms with Gasteiger partial charge in [0.15, 0.2) is 0 Å². The summed E-state index contributed by atoms with van der Waals surface area (Å²) in [4.78, 5) is 13.1. The Bertz CT molecular complexity index is 292. The second kappa shape index (κ2) is 9.80. The van der Waals surface area contributed by atoms with Crippen molar-refractivity contribution in [2.24, 2.45) is 0 Å². The molecule has 0 rings (SSSR count). The molecule has 0 atom stereocenters. The van der Waals surface area contributed by atoms with Gasteiger partial charge in [-0.25, -0.2) is 8.78 Å². The standard InChI is InChI=1S/C12H19F2NO.C2H6/c1-6-10(8(2)3)12(16)15(9(4)5)7-11(13)14;1-2/h6,9,11H,1,7H2,2-5H3;1-2H3. The Hall–Kier alpha value is -1.19. The molecule has 0 fully saturated rings. The molecule has 0 aromatic heterocycles. The van der Waals surface area contributed by atoms with Crippen LogP contribution in [0.25, 0.3) is 0 Å². The third-order valence-electron chi connectivity index (χ3n) is 2.19. The monoisotopic (exact) mass is 261 g/mol. The van der Waals surface area contributed by atoms with E-state index < -0.39 is 13.0 Å². The van der Waals surface area contributed by atoms with Crippen LogP contribution in [0.5, 0.6) is 0 Å². The van der Waals surface area contributed by atoms with Gasteiger partial charge in [0, 0.05) is 11.6 Å². The molecule has 106 valence electrons. The van der Waals surface area contributed by atoms with Crippen LogP contribution in [0.15, 0.2) is 23.8 Å². The van der Waals surface area contributed by atoms with Gasteiger partial charge in [0.2, 0.25) is 0 Å². The Morgan fingerprint density at radius 1 is 1.28 bits per heavy atom. The van der Waals surface area contributed by atoms with Gasteiger partial charge >= 0.3 is 0 Å². The normalized spacial score (nSPS) is 9.67. The SMILES string of the molecule is C=CC(C(=O)N(CC(F)F)C(C)C)=C(C)C.CC. The third-order valence-corrected chi connectivity index (χ3v) is 2.19. The molecule has 0 heterocycles. The Kier molecular flexibility index (Phi) is 10.4. The molecule has 0 spiro atoms. The number of carbonyl (C=O) groups is 1. The maximum absolute atomic E-state index is 12.3. The minimum atomic E-state index is -2.52. The average molecular weight is 261 g/mol. The van der Waals surface area contributed by atoms with Gasteiger partial charge in [0.25, 0.3) is 12.3 Å². The zero-order chi connectivity index (χ0) is 14.9. The summed E-state index contributed by atoms with van der Waals surface area (Å²) in [7, 11) is 0. The highest BCUT2D eigenvalue weighted by molar-refractivity contribution is 5.96. The molecule has 0 aliphatic rings. The number of allylic oxidation sites excluding steroid dienone is 1. The highest BCUT2D eigenvalue weighted by atomic mass is 19.3. The molecule has 0 bridgehead atoms. The number of carbonyl (C=O) groups excluding carboxylic acids is 1. The summed E-state index contributed by atoms with van der Waals surface area (Å²) >= 11 is 0. The lowest BCUT2D eigenvalue weighted by Gasteiger charge is -2.27. The van der Waals surface area contributed by atoms with Crippen LogP contribution in [-0.4, -0.2) is 29.8 Å². The lowest BCUT2D eigenvalue weighted by Crippen LogP contribution is -2.41. The molecule has 0 aromatic rings. The fourth-order valence-electron chi connectivity index (χ4n) is 1.34. The number of hydrogen-bond acceptors (Lipinski definition) is 1. The Balaban J connectivity index is 0. The first-order valence-electron chi connectivity index (χ1n) is 6.20. The number of halogens is 2. The van der Waals surface area contributed by atoms with Gasteiger partial charge < -0.3 is 4.90 Å². The van der Waals surface area contributed by atoms with Crippen molar-refractivity contribution in [1.82, 2.24) is 4.90 Å². The van der Waals surface area contributed by atoms with Crippen LogP contribution in [-0.2, 0) is 4.79 Å². The molecule has 2 nitrogen and oxygen atoms in total. The van der Waals surface area contributed by atoms with Crippen molar-refractivity contribution < 1.29 is 13.6 Å². The smallest absolute Gasteiger partial charge is 0.255 e. The Labute approximate surface area is 109 Å². The summed E-state index contributed by atoms with van der Waals surface area (Å²) in [5.41, 5.74) is 1.18. The van der Waals surface area contributed by atoms with Crippen molar-refractivity contribution >= 4 is 5.91 Å². The summed E-state index contributed by atoms with van der Waals surface area (Å²) in [5, 5.41) is 0. The second-order valence-electron chi connectivity index (χ2n) is 4.06. The van der Waals surface area contributed by atoms with Gasteiger partial charge in [-0.15, -0.1) is 0 Å². The van der Waals surface area contributed by atoms with E-state index in [2.05, 4.69) is 6.58 Å². The summed E-state index contributed by atoms with van der Waals surface area (Å²) in [6.45, 7) is 13.9. The van der Waals surface area contributed by atoms with E-state index in [1.165, 1.54) is 6.08 Å². The van der Waals surface area contributed by atoms with Crippen molar-refractivity contribution in [3.8, 4) is 0 Å². The fraction of sp³-hybridized carbons (Fsp3) is 0.643. The Morgan fingerprint density at radius 3 is 1.94 bits per heavy atom. The van der Waals surface area contributed by atoms with Gasteiger partial charge in [-0.05, 0) is 27.7 Å². The predicted molar refractivity (Wildman–Crippen MR) is 72.8 cm³/mol. The van der Waals surface area contributed by atoms with E-state index in [0.717, 1.165) is 10.5 Å². The van der Waals surface area contributed by atoms with E-state index >= 15 is 0 Å². The van der Waals surface area contributed by atoms with Crippen LogP contribution < -0.4 is 0 Å². The minimum Gasteiger partial charge on any atom is -0.330 e. The molecule has 0 saturated carbocycles. The second-order valence-corrected chi connectivity index (χ2v) is 4.06. The molecule has 18 heavy (non-hydrogen) atoms. The van der Waals surface area contributed by atoms with E-state index in [0.29, 0.717) is 5.57 Å². The zero-order valence-corrected chi connectivity index (χ0v) is 12.3. The molecule has 4 heteroatoms. The van der Waals surface area contributed by atoms with Gasteiger partial charge in [-0.3, -0.25) is 4.79 Å². The van der Waals surface area contributed by atoms with E-state index in [9.17, 15) is 13.6 Å². The quantitative estimate of drug-likeness (QED) is 0.540. The van der Waals surface area contributed by atoms with Crippen molar-refractivity contribution in [1.29, 1.82) is 0 Å². The molecule has 0 aromatic carbocycles. The minimum absolute atomic E-state index is 0.254. The van der Waals surface area contributed by atoms with Gasteiger partial charge in [0.05, 0.1) is 6.54 Å². The van der Waals surface area contributed by atoms with Crippen LogP contribution in [0.4, 0.5) is 8.78 Å². The number of hydrogen-bond donors (Lipinski definition) is 0. The summed E-state index contributed by atoms with van der Waals surface area (Å²) < 4.78 is 24.7. The number of nitrogens with zero attached hydrogens (tertiary/aromatic N) is 1. The molecule has 0 saturated heterocycles. The molecule has 0 N–H and O–H groups in total. The molecule has 1 amide bonds. The molecule has 0 aliphatic carbocycles. The van der Waals surface area contributed by atoms with E-state index in [1.54, 1.807) is 27.7 Å². The lowest BCUT2D eigenvalue weighted by atomic mass is 10.1. The van der Waals surface area contributed by atoms with Crippen molar-refractivity contribution in [3.05, 3.63) is 23.8 Å². The lowest BCUT2D eigenvalue weighted by molar-refractivity contribution is -0.130. The van der Waals surface area contributed by atoms with Crippen LogP contribution in [0.1, 0.15) is 41.5 Å². The van der Waals surface area contributed by atoms with Crippen molar-refractivity contribution in [2.45, 2.75) is 54.0 Å². The van der Waals surface area contributed by atoms with Crippen LogP contribution in [0, 0.1) is 0 Å². The first-order valence-corrected chi connectivity index (χ1v) is 6.20.